The molecule has 0 fully saturated rings. The minimum absolute atomic E-state index is 0.687. The van der Waals surface area contributed by atoms with E-state index in [1.54, 1.807) is 4.68 Å². The maximum absolute atomic E-state index is 6.16. The van der Waals surface area contributed by atoms with E-state index in [0.717, 1.165) is 28.6 Å². The van der Waals surface area contributed by atoms with Gasteiger partial charge >= 0.3 is 0 Å². The van der Waals surface area contributed by atoms with Crippen molar-refractivity contribution in [3.05, 3.63) is 34.4 Å². The van der Waals surface area contributed by atoms with Crippen molar-refractivity contribution in [2.75, 3.05) is 0 Å². The number of nitrogens with zero attached hydrogens (tertiary/aromatic N) is 4. The molecule has 0 aliphatic carbocycles. The van der Waals surface area contributed by atoms with Crippen LogP contribution < -0.4 is 5.32 Å². The van der Waals surface area contributed by atoms with Crippen LogP contribution in [0.1, 0.15) is 17.1 Å². The molecule has 5 nitrogen and oxygen atoms in total. The van der Waals surface area contributed by atoms with Crippen LogP contribution in [0.2, 0.25) is 5.02 Å². The summed E-state index contributed by atoms with van der Waals surface area (Å²) < 4.78 is 3.60. The molecule has 0 saturated heterocycles. The largest absolute Gasteiger partial charge is 0.305 e. The van der Waals surface area contributed by atoms with Gasteiger partial charge in [-0.05, 0) is 13.0 Å². The van der Waals surface area contributed by atoms with E-state index >= 15 is 0 Å². The summed E-state index contributed by atoms with van der Waals surface area (Å²) in [7, 11) is 3.81. The maximum atomic E-state index is 6.16. The monoisotopic (exact) mass is 253 g/mol. The average Bonchev–Trinajstić information content (AvgIpc) is 2.78. The average molecular weight is 254 g/mol. The van der Waals surface area contributed by atoms with Gasteiger partial charge in [0, 0.05) is 33.4 Å². The van der Waals surface area contributed by atoms with Gasteiger partial charge in [0.25, 0.3) is 0 Å². The molecule has 1 N–H and O–H groups in total. The topological polar surface area (TPSA) is 47.7 Å². The van der Waals surface area contributed by atoms with Crippen molar-refractivity contribution in [2.45, 2.75) is 20.0 Å². The van der Waals surface area contributed by atoms with Crippen LogP contribution in [0.4, 0.5) is 0 Å². The van der Waals surface area contributed by atoms with Crippen LogP contribution in [-0.2, 0) is 27.2 Å². The lowest BCUT2D eigenvalue weighted by Gasteiger charge is -2.04. The maximum Gasteiger partial charge on any atom is 0.0860 e. The lowest BCUT2D eigenvalue weighted by molar-refractivity contribution is 0.611. The fourth-order valence-electron chi connectivity index (χ4n) is 1.74. The van der Waals surface area contributed by atoms with Crippen molar-refractivity contribution >= 4 is 11.6 Å². The zero-order valence-corrected chi connectivity index (χ0v) is 11.0. The molecule has 0 amide bonds. The number of hydrogen-bond acceptors (Lipinski definition) is 3. The minimum Gasteiger partial charge on any atom is -0.305 e. The Hall–Kier alpha value is -1.33. The molecule has 6 heteroatoms. The van der Waals surface area contributed by atoms with Crippen LogP contribution in [0.5, 0.6) is 0 Å². The molecule has 17 heavy (non-hydrogen) atoms. The highest BCUT2D eigenvalue weighted by Crippen LogP contribution is 2.18. The zero-order valence-electron chi connectivity index (χ0n) is 10.2. The third-order valence-electron chi connectivity index (χ3n) is 2.63. The minimum atomic E-state index is 0.687. The smallest absolute Gasteiger partial charge is 0.0860 e. The Morgan fingerprint density at radius 3 is 2.59 bits per heavy atom. The van der Waals surface area contributed by atoms with Gasteiger partial charge in [0.05, 0.1) is 22.1 Å². The van der Waals surface area contributed by atoms with Crippen molar-refractivity contribution < 1.29 is 0 Å². The summed E-state index contributed by atoms with van der Waals surface area (Å²) in [6, 6.07) is 1.99. The quantitative estimate of drug-likeness (QED) is 0.896. The molecule has 0 spiro atoms. The molecule has 0 radical (unpaired) electrons. The first-order chi connectivity index (χ1) is 8.08. The van der Waals surface area contributed by atoms with Crippen molar-refractivity contribution in [3.63, 3.8) is 0 Å². The molecule has 2 aromatic rings. The molecule has 2 heterocycles. The predicted molar refractivity (Wildman–Crippen MR) is 66.7 cm³/mol. The van der Waals surface area contributed by atoms with Crippen LogP contribution in [-0.4, -0.2) is 19.6 Å². The van der Waals surface area contributed by atoms with Crippen LogP contribution in [0, 0.1) is 6.92 Å². The summed E-state index contributed by atoms with van der Waals surface area (Å²) in [5.74, 6) is 0. The van der Waals surface area contributed by atoms with Gasteiger partial charge < -0.3 is 5.32 Å². The third-order valence-corrected chi connectivity index (χ3v) is 3.12. The molecule has 0 atom stereocenters. The van der Waals surface area contributed by atoms with Crippen molar-refractivity contribution in [2.24, 2.45) is 14.1 Å². The van der Waals surface area contributed by atoms with Crippen LogP contribution >= 0.6 is 11.6 Å². The first-order valence-electron chi connectivity index (χ1n) is 5.45. The van der Waals surface area contributed by atoms with Gasteiger partial charge in [0.15, 0.2) is 0 Å². The SMILES string of the molecule is Cc1nn(C)c(CNCc2ccn(C)n2)c1Cl. The number of aromatic nitrogens is 4. The van der Waals surface area contributed by atoms with Gasteiger partial charge in [0.2, 0.25) is 0 Å². The number of nitrogens with one attached hydrogen (secondary N) is 1. The van der Waals surface area contributed by atoms with Crippen molar-refractivity contribution in [3.8, 4) is 0 Å². The molecule has 2 aromatic heterocycles. The summed E-state index contributed by atoms with van der Waals surface area (Å²) >= 11 is 6.16. The van der Waals surface area contributed by atoms with Crippen molar-refractivity contribution in [1.29, 1.82) is 0 Å². The normalized spacial score (nSPS) is 11.1. The van der Waals surface area contributed by atoms with Gasteiger partial charge in [-0.2, -0.15) is 10.2 Å². The van der Waals surface area contributed by atoms with Gasteiger partial charge in [-0.3, -0.25) is 9.36 Å². The van der Waals surface area contributed by atoms with E-state index in [-0.39, 0.29) is 0 Å². The third kappa shape index (κ3) is 2.68. The second-order valence-electron chi connectivity index (χ2n) is 4.05. The fourth-order valence-corrected chi connectivity index (χ4v) is 1.97. The van der Waals surface area contributed by atoms with Gasteiger partial charge in [-0.1, -0.05) is 11.6 Å². The van der Waals surface area contributed by atoms with E-state index in [0.29, 0.717) is 6.54 Å². The lowest BCUT2D eigenvalue weighted by atomic mass is 10.3. The zero-order chi connectivity index (χ0) is 12.4. The molecule has 0 aliphatic rings. The second-order valence-corrected chi connectivity index (χ2v) is 4.43. The van der Waals surface area contributed by atoms with Crippen LogP contribution in [0.3, 0.4) is 0 Å². The molecule has 0 aliphatic heterocycles. The Labute approximate surface area is 105 Å². The summed E-state index contributed by atoms with van der Waals surface area (Å²) in [5, 5.41) is 12.6. The molecular formula is C11H16ClN5. The molecular weight excluding hydrogens is 238 g/mol. The Kier molecular flexibility index (Phi) is 3.49. The van der Waals surface area contributed by atoms with E-state index in [9.17, 15) is 0 Å². The highest BCUT2D eigenvalue weighted by Gasteiger charge is 2.10. The summed E-state index contributed by atoms with van der Waals surface area (Å²) in [5.41, 5.74) is 2.88. The number of aryl methyl sites for hydroxylation is 3. The van der Waals surface area contributed by atoms with Gasteiger partial charge in [-0.15, -0.1) is 0 Å². The number of rotatable bonds is 4. The fraction of sp³-hybridized carbons (Fsp3) is 0.455. The number of halogens is 1. The summed E-state index contributed by atoms with van der Waals surface area (Å²) in [6.45, 7) is 3.32. The molecule has 2 rings (SSSR count). The van der Waals surface area contributed by atoms with Crippen LogP contribution in [0.15, 0.2) is 12.3 Å². The molecule has 0 unspecified atom stereocenters. The Morgan fingerprint density at radius 2 is 2.06 bits per heavy atom. The highest BCUT2D eigenvalue weighted by molar-refractivity contribution is 6.31. The van der Waals surface area contributed by atoms with E-state index in [1.807, 2.05) is 38.0 Å². The second kappa shape index (κ2) is 4.89. The molecule has 0 saturated carbocycles. The van der Waals surface area contributed by atoms with E-state index in [1.165, 1.54) is 0 Å². The first-order valence-corrected chi connectivity index (χ1v) is 5.83. The van der Waals surface area contributed by atoms with E-state index < -0.39 is 0 Å². The standard InChI is InChI=1S/C11H16ClN5/c1-8-11(12)10(17(3)14-8)7-13-6-9-4-5-16(2)15-9/h4-5,13H,6-7H2,1-3H3. The predicted octanol–water partition coefficient (Wildman–Crippen LogP) is 1.41. The van der Waals surface area contributed by atoms with E-state index in [2.05, 4.69) is 15.5 Å². The Morgan fingerprint density at radius 1 is 1.29 bits per heavy atom. The van der Waals surface area contributed by atoms with Gasteiger partial charge in [-0.25, -0.2) is 0 Å². The van der Waals surface area contributed by atoms with Crippen LogP contribution in [0.25, 0.3) is 0 Å². The Bertz CT molecular complexity index is 514. The molecule has 92 valence electrons. The Balaban J connectivity index is 1.94. The summed E-state index contributed by atoms with van der Waals surface area (Å²) in [4.78, 5) is 0. The highest BCUT2D eigenvalue weighted by atomic mass is 35.5. The first kappa shape index (κ1) is 12.1. The molecule has 0 bridgehead atoms. The van der Waals surface area contributed by atoms with Crippen molar-refractivity contribution in [1.82, 2.24) is 24.9 Å². The van der Waals surface area contributed by atoms with Gasteiger partial charge in [0.1, 0.15) is 0 Å². The summed E-state index contributed by atoms with van der Waals surface area (Å²) in [6.07, 6.45) is 1.93. The molecule has 0 aromatic carbocycles. The van der Waals surface area contributed by atoms with E-state index in [4.69, 9.17) is 11.6 Å². The lowest BCUT2D eigenvalue weighted by Crippen LogP contribution is -2.16. The number of hydrogen-bond donors (Lipinski definition) is 1.